The van der Waals surface area contributed by atoms with Gasteiger partial charge < -0.3 is 5.32 Å². The van der Waals surface area contributed by atoms with Crippen molar-refractivity contribution in [3.8, 4) is 0 Å². The first-order valence-electron chi connectivity index (χ1n) is 5.70. The maximum atomic E-state index is 4.42. The predicted molar refractivity (Wildman–Crippen MR) is 64.0 cm³/mol. The van der Waals surface area contributed by atoms with E-state index in [2.05, 4.69) is 17.2 Å². The van der Waals surface area contributed by atoms with Crippen molar-refractivity contribution < 1.29 is 0 Å². The van der Waals surface area contributed by atoms with Gasteiger partial charge in [0.15, 0.2) is 5.17 Å². The molecule has 1 aliphatic heterocycles. The van der Waals surface area contributed by atoms with Gasteiger partial charge in [-0.1, -0.05) is 37.9 Å². The van der Waals surface area contributed by atoms with Crippen LogP contribution in [0.25, 0.3) is 0 Å². The molecule has 0 radical (unpaired) electrons. The highest BCUT2D eigenvalue weighted by Crippen LogP contribution is 2.35. The molecule has 1 heterocycles. The van der Waals surface area contributed by atoms with Crippen molar-refractivity contribution in [2.75, 3.05) is 18.8 Å². The van der Waals surface area contributed by atoms with Crippen LogP contribution in [0.4, 0.5) is 0 Å². The van der Waals surface area contributed by atoms with Crippen LogP contribution in [0.1, 0.15) is 39.0 Å². The molecule has 2 aliphatic rings. The van der Waals surface area contributed by atoms with E-state index < -0.39 is 0 Å². The normalized spacial score (nSPS) is 25.9. The summed E-state index contributed by atoms with van der Waals surface area (Å²) in [5, 5.41) is 4.68. The van der Waals surface area contributed by atoms with Crippen LogP contribution in [0.2, 0.25) is 0 Å². The highest BCUT2D eigenvalue weighted by atomic mass is 32.2. The highest BCUT2D eigenvalue weighted by Gasteiger charge is 2.26. The van der Waals surface area contributed by atoms with Crippen molar-refractivity contribution in [2.24, 2.45) is 10.4 Å². The molecular formula is C11H20N2S. The summed E-state index contributed by atoms with van der Waals surface area (Å²) in [6.45, 7) is 4.54. The van der Waals surface area contributed by atoms with E-state index in [-0.39, 0.29) is 0 Å². The quantitative estimate of drug-likeness (QED) is 0.761. The molecule has 2 rings (SSSR count). The van der Waals surface area contributed by atoms with Crippen LogP contribution in [0.15, 0.2) is 4.99 Å². The Balaban J connectivity index is 1.77. The monoisotopic (exact) mass is 212 g/mol. The number of hydrogen-bond donors (Lipinski definition) is 1. The van der Waals surface area contributed by atoms with Crippen molar-refractivity contribution in [3.05, 3.63) is 0 Å². The van der Waals surface area contributed by atoms with Crippen LogP contribution in [0.5, 0.6) is 0 Å². The SMILES string of the molecule is CC1(CNC2=NCCS2)CCCCC1. The minimum atomic E-state index is 0.532. The standard InChI is InChI=1S/C11H20N2S/c1-11(5-3-2-4-6-11)9-13-10-12-7-8-14-10/h2-9H2,1H3,(H,12,13). The zero-order valence-electron chi connectivity index (χ0n) is 9.01. The zero-order chi connectivity index (χ0) is 9.86. The fraction of sp³-hybridized carbons (Fsp3) is 0.909. The number of hydrogen-bond acceptors (Lipinski definition) is 3. The first-order chi connectivity index (χ1) is 6.79. The lowest BCUT2D eigenvalue weighted by molar-refractivity contribution is 0.218. The summed E-state index contributed by atoms with van der Waals surface area (Å²) in [6, 6.07) is 0. The molecule has 0 aromatic carbocycles. The van der Waals surface area contributed by atoms with E-state index >= 15 is 0 Å². The van der Waals surface area contributed by atoms with Crippen molar-refractivity contribution in [2.45, 2.75) is 39.0 Å². The third-order valence-corrected chi connectivity index (χ3v) is 4.25. The minimum Gasteiger partial charge on any atom is -0.364 e. The Morgan fingerprint density at radius 2 is 2.14 bits per heavy atom. The molecule has 1 fully saturated rings. The third-order valence-electron chi connectivity index (χ3n) is 3.31. The smallest absolute Gasteiger partial charge is 0.156 e. The molecule has 2 nitrogen and oxygen atoms in total. The van der Waals surface area contributed by atoms with Crippen LogP contribution < -0.4 is 5.32 Å². The van der Waals surface area contributed by atoms with Gasteiger partial charge in [0.25, 0.3) is 0 Å². The van der Waals surface area contributed by atoms with Crippen molar-refractivity contribution in [1.82, 2.24) is 5.32 Å². The Kier molecular flexibility index (Phi) is 3.37. The largest absolute Gasteiger partial charge is 0.364 e. The molecule has 1 saturated carbocycles. The molecule has 0 spiro atoms. The second-order valence-corrected chi connectivity index (χ2v) is 5.84. The van der Waals surface area contributed by atoms with Crippen LogP contribution in [-0.4, -0.2) is 24.0 Å². The first kappa shape index (κ1) is 10.3. The molecule has 0 aromatic rings. The molecular weight excluding hydrogens is 192 g/mol. The van der Waals surface area contributed by atoms with Gasteiger partial charge in [0.1, 0.15) is 0 Å². The van der Waals surface area contributed by atoms with Crippen molar-refractivity contribution in [3.63, 3.8) is 0 Å². The average Bonchev–Trinajstić information content (AvgIpc) is 2.69. The number of nitrogens with zero attached hydrogens (tertiary/aromatic N) is 1. The summed E-state index contributed by atoms with van der Waals surface area (Å²) in [6.07, 6.45) is 7.04. The van der Waals surface area contributed by atoms with Gasteiger partial charge in [-0.3, -0.25) is 4.99 Å². The first-order valence-corrected chi connectivity index (χ1v) is 6.68. The van der Waals surface area contributed by atoms with Crippen LogP contribution in [-0.2, 0) is 0 Å². The van der Waals surface area contributed by atoms with Crippen LogP contribution >= 0.6 is 11.8 Å². The van der Waals surface area contributed by atoms with Gasteiger partial charge >= 0.3 is 0 Å². The highest BCUT2D eigenvalue weighted by molar-refractivity contribution is 8.14. The molecule has 1 aliphatic carbocycles. The second kappa shape index (κ2) is 4.56. The summed E-state index contributed by atoms with van der Waals surface area (Å²) >= 11 is 1.87. The summed E-state index contributed by atoms with van der Waals surface area (Å²) in [5.41, 5.74) is 0.532. The van der Waals surface area contributed by atoms with E-state index in [0.717, 1.165) is 13.1 Å². The lowest BCUT2D eigenvalue weighted by Gasteiger charge is -2.33. The topological polar surface area (TPSA) is 24.4 Å². The molecule has 0 atom stereocenters. The molecule has 0 bridgehead atoms. The zero-order valence-corrected chi connectivity index (χ0v) is 9.83. The van der Waals surface area contributed by atoms with Gasteiger partial charge in [-0.25, -0.2) is 0 Å². The van der Waals surface area contributed by atoms with Crippen molar-refractivity contribution >= 4 is 16.9 Å². The fourth-order valence-corrected chi connectivity index (χ4v) is 3.05. The molecule has 0 saturated heterocycles. The summed E-state index contributed by atoms with van der Waals surface area (Å²) in [5.74, 6) is 1.17. The molecule has 1 N–H and O–H groups in total. The van der Waals surface area contributed by atoms with Crippen molar-refractivity contribution in [1.29, 1.82) is 0 Å². The van der Waals surface area contributed by atoms with Crippen LogP contribution in [0, 0.1) is 5.41 Å². The van der Waals surface area contributed by atoms with Gasteiger partial charge in [-0.05, 0) is 18.3 Å². The van der Waals surface area contributed by atoms with E-state index in [4.69, 9.17) is 0 Å². The maximum absolute atomic E-state index is 4.42. The number of thioether (sulfide) groups is 1. The molecule has 3 heteroatoms. The molecule has 0 amide bonds. The van der Waals surface area contributed by atoms with E-state index in [0.29, 0.717) is 5.41 Å². The maximum Gasteiger partial charge on any atom is 0.156 e. The Morgan fingerprint density at radius 1 is 1.36 bits per heavy atom. The molecule has 0 aromatic heterocycles. The van der Waals surface area contributed by atoms with E-state index in [1.807, 2.05) is 11.8 Å². The Morgan fingerprint density at radius 3 is 2.79 bits per heavy atom. The second-order valence-electron chi connectivity index (χ2n) is 4.76. The lowest BCUT2D eigenvalue weighted by atomic mass is 9.76. The van der Waals surface area contributed by atoms with E-state index in [9.17, 15) is 0 Å². The minimum absolute atomic E-state index is 0.532. The van der Waals surface area contributed by atoms with Gasteiger partial charge in [-0.2, -0.15) is 0 Å². The predicted octanol–water partition coefficient (Wildman–Crippen LogP) is 2.65. The van der Waals surface area contributed by atoms with Gasteiger partial charge in [-0.15, -0.1) is 0 Å². The number of nitrogens with one attached hydrogen (secondary N) is 1. The molecule has 0 unspecified atom stereocenters. The fourth-order valence-electron chi connectivity index (χ4n) is 2.31. The molecule has 14 heavy (non-hydrogen) atoms. The van der Waals surface area contributed by atoms with E-state index in [1.165, 1.54) is 43.0 Å². The summed E-state index contributed by atoms with van der Waals surface area (Å²) in [4.78, 5) is 4.42. The Labute approximate surface area is 90.9 Å². The summed E-state index contributed by atoms with van der Waals surface area (Å²) in [7, 11) is 0. The number of aliphatic imine (C=N–C) groups is 1. The van der Waals surface area contributed by atoms with Gasteiger partial charge in [0.2, 0.25) is 0 Å². The third kappa shape index (κ3) is 2.66. The number of amidine groups is 1. The summed E-state index contributed by atoms with van der Waals surface area (Å²) < 4.78 is 0. The number of rotatable bonds is 2. The lowest BCUT2D eigenvalue weighted by Crippen LogP contribution is -2.35. The average molecular weight is 212 g/mol. The Hall–Kier alpha value is -0.180. The Bertz CT molecular complexity index is 219. The van der Waals surface area contributed by atoms with Crippen LogP contribution in [0.3, 0.4) is 0 Å². The van der Waals surface area contributed by atoms with Gasteiger partial charge in [0, 0.05) is 12.3 Å². The van der Waals surface area contributed by atoms with Gasteiger partial charge in [0.05, 0.1) is 6.54 Å². The van der Waals surface area contributed by atoms with E-state index in [1.54, 1.807) is 0 Å². The molecule has 80 valence electrons.